The Morgan fingerprint density at radius 3 is 2.31 bits per heavy atom. The molecule has 1 aliphatic rings. The van der Waals surface area contributed by atoms with Gasteiger partial charge in [0.15, 0.2) is 0 Å². The number of hydrogen-bond donors (Lipinski definition) is 1. The van der Waals surface area contributed by atoms with Crippen LogP contribution >= 0.6 is 0 Å². The average Bonchev–Trinajstić information content (AvgIpc) is 2.63. The molecule has 0 heterocycles. The molecule has 16 heavy (non-hydrogen) atoms. The Bertz CT molecular complexity index is 189. The summed E-state index contributed by atoms with van der Waals surface area (Å²) in [4.78, 5) is 2.47. The summed E-state index contributed by atoms with van der Waals surface area (Å²) in [5.74, 6) is 0. The number of nitrogens with zero attached hydrogens (tertiary/aromatic N) is 1. The van der Waals surface area contributed by atoms with E-state index in [1.54, 1.807) is 0 Å². The van der Waals surface area contributed by atoms with Gasteiger partial charge in [-0.25, -0.2) is 0 Å². The molecule has 1 atom stereocenters. The average molecular weight is 226 g/mol. The minimum Gasteiger partial charge on any atom is -0.312 e. The first-order valence-corrected chi connectivity index (χ1v) is 6.82. The molecule has 0 aromatic rings. The van der Waals surface area contributed by atoms with E-state index in [1.807, 2.05) is 0 Å². The molecule has 0 amide bonds. The smallest absolute Gasteiger partial charge is 0.0189 e. The van der Waals surface area contributed by atoms with Crippen LogP contribution in [0.25, 0.3) is 0 Å². The Labute approximate surface area is 102 Å². The van der Waals surface area contributed by atoms with E-state index in [1.165, 1.54) is 32.2 Å². The molecule has 0 aromatic carbocycles. The molecular formula is C14H30N2. The Kier molecular flexibility index (Phi) is 5.26. The highest BCUT2D eigenvalue weighted by Crippen LogP contribution is 2.18. The van der Waals surface area contributed by atoms with Crippen molar-refractivity contribution in [2.75, 3.05) is 20.1 Å². The van der Waals surface area contributed by atoms with Gasteiger partial charge in [-0.3, -0.25) is 0 Å². The quantitative estimate of drug-likeness (QED) is 0.775. The fourth-order valence-electron chi connectivity index (χ4n) is 2.53. The molecule has 2 heteroatoms. The highest BCUT2D eigenvalue weighted by molar-refractivity contribution is 4.78. The van der Waals surface area contributed by atoms with Gasteiger partial charge in [0.2, 0.25) is 0 Å². The summed E-state index contributed by atoms with van der Waals surface area (Å²) in [6.45, 7) is 11.5. The second kappa shape index (κ2) is 6.02. The van der Waals surface area contributed by atoms with Gasteiger partial charge in [-0.05, 0) is 32.2 Å². The second-order valence-corrected chi connectivity index (χ2v) is 6.71. The molecular weight excluding hydrogens is 196 g/mol. The van der Waals surface area contributed by atoms with Crippen LogP contribution in [0, 0.1) is 5.41 Å². The lowest BCUT2D eigenvalue weighted by Gasteiger charge is -2.32. The molecule has 0 radical (unpaired) electrons. The maximum atomic E-state index is 3.71. The molecule has 96 valence electrons. The van der Waals surface area contributed by atoms with Crippen LogP contribution in [0.2, 0.25) is 0 Å². The van der Waals surface area contributed by atoms with Crippen molar-refractivity contribution < 1.29 is 0 Å². The van der Waals surface area contributed by atoms with E-state index in [4.69, 9.17) is 0 Å². The lowest BCUT2D eigenvalue weighted by atomic mass is 9.95. The second-order valence-electron chi connectivity index (χ2n) is 6.71. The Hall–Kier alpha value is -0.0800. The standard InChI is InChI=1S/C14H30N2/c1-12(16(5)11-14(2,3)4)10-15-13-8-6-7-9-13/h12-13,15H,6-11H2,1-5H3. The predicted octanol–water partition coefficient (Wildman–Crippen LogP) is 2.89. The van der Waals surface area contributed by atoms with Gasteiger partial charge in [0.05, 0.1) is 0 Å². The van der Waals surface area contributed by atoms with E-state index in [9.17, 15) is 0 Å². The number of hydrogen-bond acceptors (Lipinski definition) is 2. The molecule has 2 nitrogen and oxygen atoms in total. The van der Waals surface area contributed by atoms with Crippen molar-refractivity contribution in [1.82, 2.24) is 10.2 Å². The largest absolute Gasteiger partial charge is 0.312 e. The minimum absolute atomic E-state index is 0.399. The van der Waals surface area contributed by atoms with Gasteiger partial charge in [-0.15, -0.1) is 0 Å². The topological polar surface area (TPSA) is 15.3 Å². The molecule has 0 bridgehead atoms. The SMILES string of the molecule is CC(CNC1CCCC1)N(C)CC(C)(C)C. The molecule has 1 aliphatic carbocycles. The highest BCUT2D eigenvalue weighted by Gasteiger charge is 2.19. The van der Waals surface area contributed by atoms with Crippen molar-refractivity contribution in [3.63, 3.8) is 0 Å². The van der Waals surface area contributed by atoms with Crippen molar-refractivity contribution in [1.29, 1.82) is 0 Å². The Balaban J connectivity index is 2.20. The van der Waals surface area contributed by atoms with Gasteiger partial charge in [0.25, 0.3) is 0 Å². The predicted molar refractivity (Wildman–Crippen MR) is 71.8 cm³/mol. The normalized spacial score (nSPS) is 20.6. The van der Waals surface area contributed by atoms with Crippen LogP contribution in [-0.4, -0.2) is 37.1 Å². The lowest BCUT2D eigenvalue weighted by Crippen LogP contribution is -2.43. The third kappa shape index (κ3) is 5.31. The van der Waals surface area contributed by atoms with Crippen LogP contribution in [0.15, 0.2) is 0 Å². The zero-order valence-corrected chi connectivity index (χ0v) is 11.8. The third-order valence-electron chi connectivity index (χ3n) is 3.53. The fourth-order valence-corrected chi connectivity index (χ4v) is 2.53. The van der Waals surface area contributed by atoms with Crippen LogP contribution in [0.5, 0.6) is 0 Å². The number of likely N-dealkylation sites (N-methyl/N-ethyl adjacent to an activating group) is 1. The summed E-state index contributed by atoms with van der Waals surface area (Å²) in [5.41, 5.74) is 0.399. The Morgan fingerprint density at radius 1 is 1.25 bits per heavy atom. The monoisotopic (exact) mass is 226 g/mol. The summed E-state index contributed by atoms with van der Waals surface area (Å²) in [5, 5.41) is 3.71. The number of nitrogens with one attached hydrogen (secondary N) is 1. The molecule has 1 saturated carbocycles. The lowest BCUT2D eigenvalue weighted by molar-refractivity contribution is 0.176. The summed E-state index contributed by atoms with van der Waals surface area (Å²) in [7, 11) is 2.24. The highest BCUT2D eigenvalue weighted by atomic mass is 15.2. The zero-order valence-electron chi connectivity index (χ0n) is 11.8. The summed E-state index contributed by atoms with van der Waals surface area (Å²) >= 11 is 0. The summed E-state index contributed by atoms with van der Waals surface area (Å²) in [6, 6.07) is 1.44. The molecule has 1 fully saturated rings. The summed E-state index contributed by atoms with van der Waals surface area (Å²) in [6.07, 6.45) is 5.61. The molecule has 0 saturated heterocycles. The van der Waals surface area contributed by atoms with Gasteiger partial charge < -0.3 is 10.2 Å². The van der Waals surface area contributed by atoms with E-state index >= 15 is 0 Å². The first-order chi connectivity index (χ1) is 7.38. The first kappa shape index (κ1) is 14.0. The van der Waals surface area contributed by atoms with Gasteiger partial charge in [0.1, 0.15) is 0 Å². The van der Waals surface area contributed by atoms with Crippen LogP contribution < -0.4 is 5.32 Å². The van der Waals surface area contributed by atoms with Gasteiger partial charge >= 0.3 is 0 Å². The van der Waals surface area contributed by atoms with Crippen LogP contribution in [0.3, 0.4) is 0 Å². The van der Waals surface area contributed by atoms with Gasteiger partial charge in [-0.2, -0.15) is 0 Å². The van der Waals surface area contributed by atoms with Crippen LogP contribution in [0.4, 0.5) is 0 Å². The molecule has 1 unspecified atom stereocenters. The van der Waals surface area contributed by atoms with Crippen molar-refractivity contribution in [2.45, 2.75) is 65.5 Å². The Morgan fingerprint density at radius 2 is 1.81 bits per heavy atom. The molecule has 1 N–H and O–H groups in total. The minimum atomic E-state index is 0.399. The maximum absolute atomic E-state index is 3.71. The van der Waals surface area contributed by atoms with Crippen molar-refractivity contribution in [3.05, 3.63) is 0 Å². The van der Waals surface area contributed by atoms with E-state index in [2.05, 4.69) is 45.0 Å². The van der Waals surface area contributed by atoms with Gasteiger partial charge in [-0.1, -0.05) is 33.6 Å². The van der Waals surface area contributed by atoms with Crippen molar-refractivity contribution in [2.24, 2.45) is 5.41 Å². The van der Waals surface area contributed by atoms with E-state index in [0.29, 0.717) is 11.5 Å². The van der Waals surface area contributed by atoms with Crippen molar-refractivity contribution >= 4 is 0 Å². The third-order valence-corrected chi connectivity index (χ3v) is 3.53. The molecule has 1 rings (SSSR count). The molecule has 0 spiro atoms. The van der Waals surface area contributed by atoms with E-state index in [0.717, 1.165) is 12.6 Å². The first-order valence-electron chi connectivity index (χ1n) is 6.82. The van der Waals surface area contributed by atoms with E-state index in [-0.39, 0.29) is 0 Å². The molecule has 0 aliphatic heterocycles. The fraction of sp³-hybridized carbons (Fsp3) is 1.00. The summed E-state index contributed by atoms with van der Waals surface area (Å²) < 4.78 is 0. The van der Waals surface area contributed by atoms with Gasteiger partial charge in [0, 0.05) is 25.2 Å². The zero-order chi connectivity index (χ0) is 12.2. The van der Waals surface area contributed by atoms with Crippen molar-refractivity contribution in [3.8, 4) is 0 Å². The number of rotatable bonds is 5. The van der Waals surface area contributed by atoms with E-state index < -0.39 is 0 Å². The maximum Gasteiger partial charge on any atom is 0.0189 e. The van der Waals surface area contributed by atoms with Crippen LogP contribution in [0.1, 0.15) is 53.4 Å². The molecule has 0 aromatic heterocycles. The van der Waals surface area contributed by atoms with Crippen LogP contribution in [-0.2, 0) is 0 Å².